The van der Waals surface area contributed by atoms with Crippen LogP contribution in [-0.4, -0.2) is 23.1 Å². The maximum atomic E-state index is 12.8. The number of hydrogen-bond acceptors (Lipinski definition) is 5. The van der Waals surface area contributed by atoms with Gasteiger partial charge in [-0.2, -0.15) is 0 Å². The van der Waals surface area contributed by atoms with Gasteiger partial charge in [0, 0.05) is 22.5 Å². The first kappa shape index (κ1) is 22.9. The first-order valence-corrected chi connectivity index (χ1v) is 11.4. The summed E-state index contributed by atoms with van der Waals surface area (Å²) in [6.45, 7) is -0.590. The van der Waals surface area contributed by atoms with Gasteiger partial charge in [-0.15, -0.1) is 0 Å². The second kappa shape index (κ2) is 10.1. The summed E-state index contributed by atoms with van der Waals surface area (Å²) in [6.07, 6.45) is 0. The third kappa shape index (κ3) is 4.95. The molecular weight excluding hydrogens is 456 g/mol. The second-order valence-electron chi connectivity index (χ2n) is 8.10. The van der Waals surface area contributed by atoms with Crippen LogP contribution in [0.3, 0.4) is 0 Å². The van der Waals surface area contributed by atoms with Gasteiger partial charge in [-0.25, -0.2) is 0 Å². The summed E-state index contributed by atoms with van der Waals surface area (Å²) >= 11 is 0. The lowest BCUT2D eigenvalue weighted by molar-refractivity contribution is -0.147. The zero-order chi connectivity index (χ0) is 24.9. The third-order valence-corrected chi connectivity index (χ3v) is 5.63. The smallest absolute Gasteiger partial charge is 0.326 e. The highest BCUT2D eigenvalue weighted by Gasteiger charge is 2.15. The fourth-order valence-corrected chi connectivity index (χ4v) is 4.03. The minimum atomic E-state index is -0.592. The maximum absolute atomic E-state index is 12.8. The van der Waals surface area contributed by atoms with E-state index in [9.17, 15) is 14.4 Å². The topological polar surface area (TPSA) is 86.6 Å². The van der Waals surface area contributed by atoms with Crippen molar-refractivity contribution in [3.05, 3.63) is 113 Å². The molecule has 1 aromatic heterocycles. The Hall–Kier alpha value is -4.91. The lowest BCUT2D eigenvalue weighted by Gasteiger charge is -2.14. The van der Waals surface area contributed by atoms with Crippen molar-refractivity contribution in [1.29, 1.82) is 0 Å². The summed E-state index contributed by atoms with van der Waals surface area (Å²) in [4.78, 5) is 38.0. The number of benzene rings is 4. The van der Waals surface area contributed by atoms with Crippen molar-refractivity contribution in [3.8, 4) is 11.5 Å². The van der Waals surface area contributed by atoms with Gasteiger partial charge in [0.25, 0.3) is 5.91 Å². The van der Waals surface area contributed by atoms with E-state index >= 15 is 0 Å². The van der Waals surface area contributed by atoms with E-state index in [4.69, 9.17) is 9.47 Å². The fourth-order valence-electron chi connectivity index (χ4n) is 4.03. The van der Waals surface area contributed by atoms with Crippen LogP contribution in [0.15, 0.2) is 108 Å². The van der Waals surface area contributed by atoms with Crippen LogP contribution in [-0.2, 0) is 20.9 Å². The molecule has 0 radical (unpaired) electrons. The van der Waals surface area contributed by atoms with E-state index in [-0.39, 0.29) is 12.0 Å². The number of nitrogens with zero attached hydrogens (tertiary/aromatic N) is 1. The van der Waals surface area contributed by atoms with Gasteiger partial charge >= 0.3 is 5.97 Å². The molecule has 4 aromatic carbocycles. The average molecular weight is 479 g/mol. The Morgan fingerprint density at radius 1 is 0.722 bits per heavy atom. The van der Waals surface area contributed by atoms with E-state index in [2.05, 4.69) is 5.32 Å². The highest BCUT2D eigenvalue weighted by molar-refractivity contribution is 5.95. The molecule has 0 unspecified atom stereocenters. The Bertz CT molecular complexity index is 1570. The molecule has 0 aliphatic heterocycles. The van der Waals surface area contributed by atoms with Crippen LogP contribution in [0.25, 0.3) is 21.8 Å². The number of nitrogens with one attached hydrogen (secondary N) is 1. The molecule has 1 amide bonds. The molecule has 7 nitrogen and oxygen atoms in total. The van der Waals surface area contributed by atoms with Gasteiger partial charge in [0.15, 0.2) is 12.0 Å². The number of aromatic nitrogens is 1. The number of ether oxygens (including phenoxy) is 2. The molecule has 0 saturated heterocycles. The maximum Gasteiger partial charge on any atom is 0.326 e. The molecule has 178 valence electrons. The lowest BCUT2D eigenvalue weighted by Crippen LogP contribution is -2.24. The Morgan fingerprint density at radius 2 is 1.33 bits per heavy atom. The highest BCUT2D eigenvalue weighted by Crippen LogP contribution is 2.24. The molecule has 0 aliphatic carbocycles. The van der Waals surface area contributed by atoms with Gasteiger partial charge in [0.05, 0.1) is 11.0 Å². The van der Waals surface area contributed by atoms with Crippen LogP contribution < -0.4 is 15.5 Å². The highest BCUT2D eigenvalue weighted by atomic mass is 16.5. The van der Waals surface area contributed by atoms with Crippen LogP contribution in [0.2, 0.25) is 0 Å². The van der Waals surface area contributed by atoms with Gasteiger partial charge in [-0.05, 0) is 48.5 Å². The predicted molar refractivity (Wildman–Crippen MR) is 138 cm³/mol. The van der Waals surface area contributed by atoms with E-state index in [1.54, 1.807) is 77.4 Å². The minimum Gasteiger partial charge on any atom is -0.457 e. The summed E-state index contributed by atoms with van der Waals surface area (Å²) < 4.78 is 12.8. The molecule has 7 heteroatoms. The van der Waals surface area contributed by atoms with Crippen molar-refractivity contribution in [2.75, 3.05) is 11.9 Å². The van der Waals surface area contributed by atoms with Crippen LogP contribution in [0.1, 0.15) is 0 Å². The van der Waals surface area contributed by atoms with Gasteiger partial charge in [-0.3, -0.25) is 14.4 Å². The number of esters is 1. The average Bonchev–Trinajstić information content (AvgIpc) is 2.91. The summed E-state index contributed by atoms with van der Waals surface area (Å²) in [5.41, 5.74) is 1.67. The normalized spacial score (nSPS) is 10.8. The second-order valence-corrected chi connectivity index (χ2v) is 8.10. The number of rotatable bonds is 7. The van der Waals surface area contributed by atoms with Crippen molar-refractivity contribution in [2.45, 2.75) is 6.54 Å². The molecule has 5 aromatic rings. The molecule has 1 heterocycles. The molecule has 36 heavy (non-hydrogen) atoms. The molecule has 0 bridgehead atoms. The third-order valence-electron chi connectivity index (χ3n) is 5.63. The van der Waals surface area contributed by atoms with E-state index in [0.29, 0.717) is 39.0 Å². The minimum absolute atomic E-state index is 0.0938. The van der Waals surface area contributed by atoms with Gasteiger partial charge < -0.3 is 19.4 Å². The number of carbonyl (C=O) groups excluding carboxylic acids is 2. The monoisotopic (exact) mass is 478 g/mol. The molecular formula is C29H22N2O5. The summed E-state index contributed by atoms with van der Waals surface area (Å²) in [7, 11) is 0. The van der Waals surface area contributed by atoms with Crippen molar-refractivity contribution in [2.24, 2.45) is 0 Å². The van der Waals surface area contributed by atoms with Crippen molar-refractivity contribution in [1.82, 2.24) is 4.57 Å². The largest absolute Gasteiger partial charge is 0.457 e. The van der Waals surface area contributed by atoms with Crippen molar-refractivity contribution >= 4 is 39.4 Å². The quantitative estimate of drug-likeness (QED) is 0.259. The van der Waals surface area contributed by atoms with E-state index < -0.39 is 18.5 Å². The van der Waals surface area contributed by atoms with Gasteiger partial charge in [0.2, 0.25) is 0 Å². The number of carbonyl (C=O) groups is 2. The van der Waals surface area contributed by atoms with E-state index in [1.807, 2.05) is 30.3 Å². The Balaban J connectivity index is 1.26. The number of anilines is 1. The Labute approximate surface area is 206 Å². The molecule has 0 saturated carbocycles. The predicted octanol–water partition coefficient (Wildman–Crippen LogP) is 5.13. The van der Waals surface area contributed by atoms with Gasteiger partial charge in [0.1, 0.15) is 18.0 Å². The summed E-state index contributed by atoms with van der Waals surface area (Å²) in [5.74, 6) is 0.172. The van der Waals surface area contributed by atoms with Crippen LogP contribution in [0.5, 0.6) is 11.5 Å². The Morgan fingerprint density at radius 3 is 2.03 bits per heavy atom. The summed E-state index contributed by atoms with van der Waals surface area (Å²) in [5, 5.41) is 3.74. The number of amides is 1. The lowest BCUT2D eigenvalue weighted by atomic mass is 10.1. The van der Waals surface area contributed by atoms with Crippen molar-refractivity contribution < 1.29 is 19.1 Å². The number of pyridine rings is 1. The van der Waals surface area contributed by atoms with Gasteiger partial charge in [-0.1, -0.05) is 48.5 Å². The standard InChI is InChI=1S/C29H22N2O5/c32-27(30-20-9-8-12-22(17-20)36-21-10-2-1-3-11-21)19-35-28(33)18-31-25-15-6-4-13-23(25)29(34)24-14-5-7-16-26(24)31/h1-17H,18-19H2,(H,30,32). The molecule has 0 spiro atoms. The molecule has 0 atom stereocenters. The molecule has 1 N–H and O–H groups in total. The summed E-state index contributed by atoms with van der Waals surface area (Å²) in [6, 6.07) is 30.5. The number of para-hydroxylation sites is 3. The van der Waals surface area contributed by atoms with Crippen LogP contribution in [0.4, 0.5) is 5.69 Å². The zero-order valence-electron chi connectivity index (χ0n) is 19.2. The van der Waals surface area contributed by atoms with E-state index in [0.717, 1.165) is 0 Å². The molecule has 5 rings (SSSR count). The Kier molecular flexibility index (Phi) is 6.44. The molecule has 0 fully saturated rings. The first-order valence-electron chi connectivity index (χ1n) is 11.4. The van der Waals surface area contributed by atoms with Crippen molar-refractivity contribution in [3.63, 3.8) is 0 Å². The van der Waals surface area contributed by atoms with E-state index in [1.165, 1.54) is 0 Å². The number of fused-ring (bicyclic) bond motifs is 2. The zero-order valence-corrected chi connectivity index (χ0v) is 19.2. The molecule has 0 aliphatic rings. The SMILES string of the molecule is O=C(COC(=O)Cn1c2ccccc2c(=O)c2ccccc21)Nc1cccc(Oc2ccccc2)c1. The fraction of sp³-hybridized carbons (Fsp3) is 0.0690. The first-order chi connectivity index (χ1) is 17.6. The number of hydrogen-bond donors (Lipinski definition) is 1. The van der Waals surface area contributed by atoms with Crippen LogP contribution >= 0.6 is 0 Å². The van der Waals surface area contributed by atoms with Crippen LogP contribution in [0, 0.1) is 0 Å².